The van der Waals surface area contributed by atoms with Crippen molar-refractivity contribution in [2.75, 3.05) is 0 Å². The molecule has 6 aromatic rings. The van der Waals surface area contributed by atoms with Crippen LogP contribution in [0.5, 0.6) is 0 Å². The van der Waals surface area contributed by atoms with E-state index in [0.717, 1.165) is 28.1 Å². The Kier molecular flexibility index (Phi) is 3.75. The second-order valence-corrected chi connectivity index (χ2v) is 7.76. The van der Waals surface area contributed by atoms with Crippen molar-refractivity contribution >= 4 is 45.9 Å². The van der Waals surface area contributed by atoms with Gasteiger partial charge in [-0.25, -0.2) is 4.98 Å². The molecule has 0 amide bonds. The number of hydrogen-bond donors (Lipinski definition) is 0. The highest BCUT2D eigenvalue weighted by Gasteiger charge is 2.19. The third-order valence-electron chi connectivity index (χ3n) is 5.86. The Morgan fingerprint density at radius 1 is 0.567 bits per heavy atom. The molecule has 6 rings (SSSR count). The monoisotopic (exact) mass is 382 g/mol. The molecule has 0 fully saturated rings. The average Bonchev–Trinajstić information content (AvgIpc) is 3.21. The maximum Gasteiger partial charge on any atom is 0.145 e. The van der Waals surface area contributed by atoms with E-state index in [1.54, 1.807) is 0 Å². The number of aromatic nitrogens is 2. The number of nitrogens with zero attached hydrogens (tertiary/aromatic N) is 2. The zero-order valence-corrected chi connectivity index (χ0v) is 16.7. The van der Waals surface area contributed by atoms with Gasteiger partial charge in [0.15, 0.2) is 0 Å². The fraction of sp³-hybridized carbons (Fsp3) is 0. The Labute approximate surface area is 175 Å². The molecule has 3 heteroatoms. The van der Waals surface area contributed by atoms with Crippen LogP contribution >= 0.6 is 0 Å². The molecule has 0 spiro atoms. The van der Waals surface area contributed by atoms with Crippen molar-refractivity contribution in [3.63, 3.8) is 0 Å². The van der Waals surface area contributed by atoms with Crippen LogP contribution in [0.15, 0.2) is 103 Å². The molecule has 0 saturated heterocycles. The second kappa shape index (κ2) is 6.60. The predicted molar refractivity (Wildman–Crippen MR) is 130 cm³/mol. The fourth-order valence-corrected chi connectivity index (χ4v) is 4.43. The van der Waals surface area contributed by atoms with E-state index in [4.69, 9.17) is 4.98 Å². The molecule has 2 nitrogen and oxygen atoms in total. The van der Waals surface area contributed by atoms with E-state index < -0.39 is 0 Å². The highest BCUT2D eigenvalue weighted by Crippen LogP contribution is 2.38. The molecule has 0 aliphatic rings. The molecule has 0 atom stereocenters. The lowest BCUT2D eigenvalue weighted by molar-refractivity contribution is 1.11. The number of hydrogen-bond acceptors (Lipinski definition) is 1. The maximum atomic E-state index is 5.23. The van der Waals surface area contributed by atoms with Gasteiger partial charge in [0.2, 0.25) is 0 Å². The van der Waals surface area contributed by atoms with Gasteiger partial charge in [-0.3, -0.25) is 4.57 Å². The molecule has 0 N–H and O–H groups in total. The van der Waals surface area contributed by atoms with Crippen LogP contribution in [-0.4, -0.2) is 17.4 Å². The molecule has 0 bridgehead atoms. The van der Waals surface area contributed by atoms with Crippen LogP contribution in [-0.2, 0) is 0 Å². The van der Waals surface area contributed by atoms with E-state index in [0.29, 0.717) is 0 Å². The van der Waals surface area contributed by atoms with Crippen LogP contribution in [0.4, 0.5) is 0 Å². The minimum absolute atomic E-state index is 0.970. The number of benzene rings is 5. The first-order valence-corrected chi connectivity index (χ1v) is 10.3. The Balaban J connectivity index is 1.87. The number of para-hydroxylation sites is 1. The molecule has 0 radical (unpaired) electrons. The molecule has 5 aromatic carbocycles. The van der Waals surface area contributed by atoms with Gasteiger partial charge in [0.25, 0.3) is 0 Å². The SMILES string of the molecule is Bc1ccc(-c2nc3c4ccccc4c4ccccc4c3n2-c2ccccc2)cc1. The van der Waals surface area contributed by atoms with Gasteiger partial charge >= 0.3 is 0 Å². The lowest BCUT2D eigenvalue weighted by Gasteiger charge is -2.12. The lowest BCUT2D eigenvalue weighted by atomic mass is 9.95. The first kappa shape index (κ1) is 17.1. The normalized spacial score (nSPS) is 11.5. The van der Waals surface area contributed by atoms with Gasteiger partial charge in [0.1, 0.15) is 13.7 Å². The van der Waals surface area contributed by atoms with Crippen molar-refractivity contribution in [1.29, 1.82) is 0 Å². The van der Waals surface area contributed by atoms with Crippen molar-refractivity contribution in [1.82, 2.24) is 9.55 Å². The predicted octanol–water partition coefficient (Wildman–Crippen LogP) is 5.26. The highest BCUT2D eigenvalue weighted by atomic mass is 15.1. The van der Waals surface area contributed by atoms with Gasteiger partial charge in [-0.05, 0) is 22.9 Å². The Morgan fingerprint density at radius 3 is 1.83 bits per heavy atom. The molecule has 0 unspecified atom stereocenters. The van der Waals surface area contributed by atoms with Crippen LogP contribution in [0, 0.1) is 0 Å². The molecule has 1 heterocycles. The summed E-state index contributed by atoms with van der Waals surface area (Å²) in [5.41, 5.74) is 5.69. The van der Waals surface area contributed by atoms with E-state index in [9.17, 15) is 0 Å². The summed E-state index contributed by atoms with van der Waals surface area (Å²) in [7, 11) is 2.12. The highest BCUT2D eigenvalue weighted by molar-refractivity contribution is 6.32. The first-order valence-electron chi connectivity index (χ1n) is 10.3. The number of imidazole rings is 1. The van der Waals surface area contributed by atoms with E-state index in [1.165, 1.54) is 27.0 Å². The van der Waals surface area contributed by atoms with Crippen LogP contribution in [0.2, 0.25) is 0 Å². The average molecular weight is 382 g/mol. The summed E-state index contributed by atoms with van der Waals surface area (Å²) in [4.78, 5) is 5.23. The zero-order chi connectivity index (χ0) is 20.1. The largest absolute Gasteiger partial charge is 0.292 e. The standard InChI is InChI=1S/C27H19BN2/c28-19-16-14-18(15-17-19)27-29-25-23-12-6-4-10-21(23)22-11-5-7-13-24(22)26(25)30(27)20-8-2-1-3-9-20/h1-17H,28H2. The summed E-state index contributed by atoms with van der Waals surface area (Å²) >= 11 is 0. The van der Waals surface area contributed by atoms with Gasteiger partial charge in [-0.1, -0.05) is 96.5 Å². The minimum atomic E-state index is 0.970. The molecule has 0 aliphatic heterocycles. The van der Waals surface area contributed by atoms with Gasteiger partial charge < -0.3 is 0 Å². The summed E-state index contributed by atoms with van der Waals surface area (Å²) in [6, 6.07) is 36.4. The van der Waals surface area contributed by atoms with E-state index in [-0.39, 0.29) is 0 Å². The quantitative estimate of drug-likeness (QED) is 0.295. The number of rotatable bonds is 2. The maximum absolute atomic E-state index is 5.23. The molecular formula is C27H19BN2. The molecule has 30 heavy (non-hydrogen) atoms. The summed E-state index contributed by atoms with van der Waals surface area (Å²) in [6.07, 6.45) is 0. The van der Waals surface area contributed by atoms with Crippen molar-refractivity contribution < 1.29 is 0 Å². The lowest BCUT2D eigenvalue weighted by Crippen LogP contribution is -2.02. The van der Waals surface area contributed by atoms with Crippen molar-refractivity contribution in [2.45, 2.75) is 0 Å². The molecule has 140 valence electrons. The minimum Gasteiger partial charge on any atom is -0.292 e. The van der Waals surface area contributed by atoms with Gasteiger partial charge in [-0.15, -0.1) is 0 Å². The summed E-state index contributed by atoms with van der Waals surface area (Å²) in [5.74, 6) is 0.970. The smallest absolute Gasteiger partial charge is 0.145 e. The van der Waals surface area contributed by atoms with E-state index in [1.807, 2.05) is 0 Å². The van der Waals surface area contributed by atoms with Gasteiger partial charge in [-0.2, -0.15) is 0 Å². The second-order valence-electron chi connectivity index (χ2n) is 7.76. The summed E-state index contributed by atoms with van der Waals surface area (Å²) in [5, 5.41) is 4.91. The van der Waals surface area contributed by atoms with E-state index >= 15 is 0 Å². The Morgan fingerprint density at radius 2 is 1.13 bits per heavy atom. The van der Waals surface area contributed by atoms with Crippen molar-refractivity contribution in [3.05, 3.63) is 103 Å². The van der Waals surface area contributed by atoms with Crippen molar-refractivity contribution in [2.24, 2.45) is 0 Å². The van der Waals surface area contributed by atoms with Crippen LogP contribution < -0.4 is 5.46 Å². The third kappa shape index (κ3) is 2.49. The Bertz CT molecular complexity index is 1530. The third-order valence-corrected chi connectivity index (χ3v) is 5.86. The fourth-order valence-electron chi connectivity index (χ4n) is 4.43. The Hall–Kier alpha value is -3.85. The topological polar surface area (TPSA) is 17.8 Å². The zero-order valence-electron chi connectivity index (χ0n) is 16.7. The number of fused-ring (bicyclic) bond motifs is 6. The van der Waals surface area contributed by atoms with Crippen LogP contribution in [0.25, 0.3) is 49.7 Å². The molecular weight excluding hydrogens is 363 g/mol. The van der Waals surface area contributed by atoms with Crippen molar-refractivity contribution in [3.8, 4) is 17.1 Å². The van der Waals surface area contributed by atoms with Crippen LogP contribution in [0.1, 0.15) is 0 Å². The molecule has 1 aromatic heterocycles. The van der Waals surface area contributed by atoms with Gasteiger partial charge in [0.05, 0.1) is 11.0 Å². The summed E-state index contributed by atoms with van der Waals surface area (Å²) in [6.45, 7) is 0. The molecule has 0 aliphatic carbocycles. The summed E-state index contributed by atoms with van der Waals surface area (Å²) < 4.78 is 2.31. The first-order chi connectivity index (χ1) is 14.8. The molecule has 0 saturated carbocycles. The van der Waals surface area contributed by atoms with Crippen LogP contribution in [0.3, 0.4) is 0 Å². The van der Waals surface area contributed by atoms with Gasteiger partial charge in [0, 0.05) is 22.0 Å². The van der Waals surface area contributed by atoms with E-state index in [2.05, 4.69) is 116 Å².